The number of amides is 2. The molecule has 2 amide bonds. The van der Waals surface area contributed by atoms with Crippen LogP contribution in [-0.2, 0) is 6.54 Å². The summed E-state index contributed by atoms with van der Waals surface area (Å²) in [6.07, 6.45) is 0. The zero-order valence-corrected chi connectivity index (χ0v) is 12.7. The highest BCUT2D eigenvalue weighted by Gasteiger charge is 2.04. The Morgan fingerprint density at radius 1 is 1.05 bits per heavy atom. The van der Waals surface area contributed by atoms with E-state index in [1.54, 1.807) is 6.07 Å². The molecule has 2 aromatic rings. The van der Waals surface area contributed by atoms with Crippen LogP contribution in [0.4, 0.5) is 16.2 Å². The van der Waals surface area contributed by atoms with Gasteiger partial charge in [-0.3, -0.25) is 0 Å². The number of nitrogens with one attached hydrogen (secondary N) is 2. The Bertz CT molecular complexity index is 642. The molecule has 0 aliphatic carbocycles. The zero-order chi connectivity index (χ0) is 15.4. The molecule has 0 unspecified atom stereocenters. The second-order valence-electron chi connectivity index (χ2n) is 5.30. The van der Waals surface area contributed by atoms with Crippen molar-refractivity contribution >= 4 is 17.4 Å². The number of nitrogens with two attached hydrogens (primary N) is 1. The van der Waals surface area contributed by atoms with E-state index < -0.39 is 6.03 Å². The van der Waals surface area contributed by atoms with Crippen LogP contribution in [0.5, 0.6) is 0 Å². The molecule has 0 aromatic heterocycles. The van der Waals surface area contributed by atoms with Crippen molar-refractivity contribution in [3.05, 3.63) is 58.7 Å². The van der Waals surface area contributed by atoms with Gasteiger partial charge in [-0.05, 0) is 55.7 Å². The van der Waals surface area contributed by atoms with Crippen molar-refractivity contribution in [3.8, 4) is 0 Å². The summed E-state index contributed by atoms with van der Waals surface area (Å²) >= 11 is 0. The van der Waals surface area contributed by atoms with Gasteiger partial charge in [0.15, 0.2) is 0 Å². The van der Waals surface area contributed by atoms with Gasteiger partial charge in [0, 0.05) is 17.9 Å². The van der Waals surface area contributed by atoms with E-state index in [0.717, 1.165) is 12.2 Å². The predicted octanol–water partition coefficient (Wildman–Crippen LogP) is 3.71. The summed E-state index contributed by atoms with van der Waals surface area (Å²) in [4.78, 5) is 10.9. The van der Waals surface area contributed by atoms with E-state index in [4.69, 9.17) is 5.73 Å². The number of hydrogen-bond acceptors (Lipinski definition) is 2. The highest BCUT2D eigenvalue weighted by atomic mass is 16.2. The lowest BCUT2D eigenvalue weighted by atomic mass is 10.00. The fraction of sp³-hybridized carbons (Fsp3) is 0.235. The van der Waals surface area contributed by atoms with Crippen LogP contribution in [0.3, 0.4) is 0 Å². The van der Waals surface area contributed by atoms with E-state index in [9.17, 15) is 4.79 Å². The van der Waals surface area contributed by atoms with Crippen molar-refractivity contribution in [2.45, 2.75) is 27.3 Å². The third-order valence-electron chi connectivity index (χ3n) is 3.44. The van der Waals surface area contributed by atoms with E-state index in [2.05, 4.69) is 43.5 Å². The van der Waals surface area contributed by atoms with Gasteiger partial charge < -0.3 is 16.4 Å². The van der Waals surface area contributed by atoms with Crippen molar-refractivity contribution in [3.63, 3.8) is 0 Å². The number of benzene rings is 2. The van der Waals surface area contributed by atoms with Gasteiger partial charge in [0.25, 0.3) is 0 Å². The number of rotatable bonds is 4. The van der Waals surface area contributed by atoms with Gasteiger partial charge in [-0.2, -0.15) is 0 Å². The van der Waals surface area contributed by atoms with Crippen molar-refractivity contribution in [1.82, 2.24) is 0 Å². The van der Waals surface area contributed by atoms with Crippen molar-refractivity contribution < 1.29 is 4.79 Å². The van der Waals surface area contributed by atoms with Gasteiger partial charge in [-0.1, -0.05) is 23.8 Å². The van der Waals surface area contributed by atoms with E-state index in [-0.39, 0.29) is 0 Å². The average Bonchev–Trinajstić information content (AvgIpc) is 2.37. The summed E-state index contributed by atoms with van der Waals surface area (Å²) in [5, 5.41) is 5.96. The van der Waals surface area contributed by atoms with Gasteiger partial charge in [0.1, 0.15) is 0 Å². The van der Waals surface area contributed by atoms with Gasteiger partial charge in [-0.15, -0.1) is 0 Å². The molecular formula is C17H21N3O. The lowest BCUT2D eigenvalue weighted by molar-refractivity contribution is 0.259. The Morgan fingerprint density at radius 2 is 1.67 bits per heavy atom. The van der Waals surface area contributed by atoms with Crippen LogP contribution < -0.4 is 16.4 Å². The Kier molecular flexibility index (Phi) is 4.48. The molecule has 4 nitrogen and oxygen atoms in total. The molecule has 0 heterocycles. The highest BCUT2D eigenvalue weighted by molar-refractivity contribution is 5.88. The van der Waals surface area contributed by atoms with E-state index in [1.165, 1.54) is 22.3 Å². The molecule has 4 heteroatoms. The number of primary amides is 1. The smallest absolute Gasteiger partial charge is 0.316 e. The summed E-state index contributed by atoms with van der Waals surface area (Å²) in [7, 11) is 0. The monoisotopic (exact) mass is 283 g/mol. The minimum absolute atomic E-state index is 0.558. The molecule has 0 radical (unpaired) electrons. The van der Waals surface area contributed by atoms with E-state index in [0.29, 0.717) is 5.69 Å². The maximum atomic E-state index is 10.9. The first-order chi connectivity index (χ1) is 9.95. The van der Waals surface area contributed by atoms with E-state index in [1.807, 2.05) is 18.2 Å². The average molecular weight is 283 g/mol. The van der Waals surface area contributed by atoms with Gasteiger partial charge >= 0.3 is 6.03 Å². The molecule has 0 saturated carbocycles. The summed E-state index contributed by atoms with van der Waals surface area (Å²) in [6.45, 7) is 7.11. The molecule has 0 atom stereocenters. The number of carbonyl (C=O) groups excluding carboxylic acids is 1. The highest BCUT2D eigenvalue weighted by Crippen LogP contribution is 2.20. The molecule has 0 saturated heterocycles. The summed E-state index contributed by atoms with van der Waals surface area (Å²) in [6, 6.07) is 11.3. The summed E-state index contributed by atoms with van der Waals surface area (Å²) < 4.78 is 0. The van der Waals surface area contributed by atoms with Gasteiger partial charge in [0.2, 0.25) is 0 Å². The first-order valence-electron chi connectivity index (χ1n) is 6.93. The Morgan fingerprint density at radius 3 is 2.29 bits per heavy atom. The molecule has 0 fully saturated rings. The molecule has 0 aliphatic heterocycles. The fourth-order valence-corrected chi connectivity index (χ4v) is 2.53. The van der Waals surface area contributed by atoms with Crippen molar-refractivity contribution in [2.75, 3.05) is 10.6 Å². The third-order valence-corrected chi connectivity index (χ3v) is 3.44. The minimum Gasteiger partial charge on any atom is -0.381 e. The predicted molar refractivity (Wildman–Crippen MR) is 87.6 cm³/mol. The van der Waals surface area contributed by atoms with Gasteiger partial charge in [-0.25, -0.2) is 4.79 Å². The van der Waals surface area contributed by atoms with Crippen LogP contribution in [0.2, 0.25) is 0 Å². The van der Waals surface area contributed by atoms with Crippen LogP contribution >= 0.6 is 0 Å². The fourth-order valence-electron chi connectivity index (χ4n) is 2.53. The molecular weight excluding hydrogens is 262 g/mol. The van der Waals surface area contributed by atoms with Crippen LogP contribution in [0.25, 0.3) is 0 Å². The molecule has 0 spiro atoms. The first-order valence-corrected chi connectivity index (χ1v) is 6.93. The largest absolute Gasteiger partial charge is 0.381 e. The molecule has 2 rings (SSSR count). The summed E-state index contributed by atoms with van der Waals surface area (Å²) in [5.74, 6) is 0. The Balaban J connectivity index is 2.11. The first kappa shape index (κ1) is 14.9. The molecule has 0 aliphatic rings. The molecule has 4 N–H and O–H groups in total. The maximum Gasteiger partial charge on any atom is 0.316 e. The third kappa shape index (κ3) is 3.99. The minimum atomic E-state index is -0.558. The number of carbonyl (C=O) groups is 1. The summed E-state index contributed by atoms with van der Waals surface area (Å²) in [5.41, 5.74) is 11.9. The zero-order valence-electron chi connectivity index (χ0n) is 12.7. The van der Waals surface area contributed by atoms with E-state index >= 15 is 0 Å². The molecule has 21 heavy (non-hydrogen) atoms. The van der Waals surface area contributed by atoms with Gasteiger partial charge in [0.05, 0.1) is 0 Å². The standard InChI is InChI=1S/C17H21N3O/c1-11-7-12(2)16(13(3)8-11)10-19-14-5-4-6-15(9-14)20-17(18)21/h4-9,19H,10H2,1-3H3,(H3,18,20,21). The number of hydrogen-bond donors (Lipinski definition) is 3. The quantitative estimate of drug-likeness (QED) is 0.800. The molecule has 110 valence electrons. The number of aryl methyl sites for hydroxylation is 3. The van der Waals surface area contributed by atoms with Crippen LogP contribution in [0.1, 0.15) is 22.3 Å². The lowest BCUT2D eigenvalue weighted by Gasteiger charge is -2.14. The molecule has 2 aromatic carbocycles. The van der Waals surface area contributed by atoms with Crippen molar-refractivity contribution in [2.24, 2.45) is 5.73 Å². The number of urea groups is 1. The number of anilines is 2. The molecule has 0 bridgehead atoms. The Hall–Kier alpha value is -2.49. The maximum absolute atomic E-state index is 10.9. The van der Waals surface area contributed by atoms with Crippen LogP contribution in [0.15, 0.2) is 36.4 Å². The second-order valence-corrected chi connectivity index (χ2v) is 5.30. The Labute approximate surface area is 125 Å². The lowest BCUT2D eigenvalue weighted by Crippen LogP contribution is -2.19. The van der Waals surface area contributed by atoms with Crippen LogP contribution in [0, 0.1) is 20.8 Å². The normalized spacial score (nSPS) is 10.2. The van der Waals surface area contributed by atoms with Crippen LogP contribution in [-0.4, -0.2) is 6.03 Å². The second kappa shape index (κ2) is 6.31. The topological polar surface area (TPSA) is 67.2 Å². The van der Waals surface area contributed by atoms with Crippen molar-refractivity contribution in [1.29, 1.82) is 0 Å². The SMILES string of the molecule is Cc1cc(C)c(CNc2cccc(NC(N)=O)c2)c(C)c1.